The molecule has 0 aliphatic carbocycles. The Kier molecular flexibility index (Phi) is 5.63. The molecule has 6 nitrogen and oxygen atoms in total. The third-order valence-corrected chi connectivity index (χ3v) is 4.29. The third kappa shape index (κ3) is 4.15. The minimum Gasteiger partial charge on any atom is -0.338 e. The topological polar surface area (TPSA) is 89.8 Å². The van der Waals surface area contributed by atoms with Crippen molar-refractivity contribution in [2.24, 2.45) is 4.99 Å². The Morgan fingerprint density at radius 1 is 1.36 bits per heavy atom. The molecule has 0 bridgehead atoms. The SMILES string of the molecule is N#Cc1c(Nc2cccc(Cl)c2)n[nH]c1/N=C/c1cccnc1CI. The minimum absolute atomic E-state index is 0.330. The second-order valence-corrected chi connectivity index (χ2v) is 6.17. The van der Waals surface area contributed by atoms with Gasteiger partial charge in [-0.05, 0) is 24.3 Å². The van der Waals surface area contributed by atoms with Crippen LogP contribution in [0.25, 0.3) is 0 Å². The summed E-state index contributed by atoms with van der Waals surface area (Å²) in [7, 11) is 0. The molecule has 0 spiro atoms. The summed E-state index contributed by atoms with van der Waals surface area (Å²) >= 11 is 8.22. The number of benzene rings is 1. The monoisotopic (exact) mass is 462 g/mol. The number of aliphatic imine (C=N–C) groups is 1. The first-order valence-corrected chi connectivity index (χ1v) is 9.16. The Morgan fingerprint density at radius 2 is 2.24 bits per heavy atom. The number of hydrogen-bond acceptors (Lipinski definition) is 5. The second kappa shape index (κ2) is 8.09. The highest BCUT2D eigenvalue weighted by molar-refractivity contribution is 14.1. The van der Waals surface area contributed by atoms with Gasteiger partial charge < -0.3 is 5.32 Å². The first kappa shape index (κ1) is 17.4. The molecule has 2 heterocycles. The largest absolute Gasteiger partial charge is 0.338 e. The number of H-pyrrole nitrogens is 1. The quantitative estimate of drug-likeness (QED) is 0.325. The zero-order valence-corrected chi connectivity index (χ0v) is 15.8. The number of aromatic amines is 1. The average molecular weight is 463 g/mol. The van der Waals surface area contributed by atoms with Crippen LogP contribution in [-0.4, -0.2) is 21.4 Å². The van der Waals surface area contributed by atoms with E-state index in [0.717, 1.165) is 21.4 Å². The van der Waals surface area contributed by atoms with Gasteiger partial charge in [0.2, 0.25) is 0 Å². The molecule has 1 aromatic carbocycles. The van der Waals surface area contributed by atoms with E-state index in [9.17, 15) is 5.26 Å². The molecule has 0 saturated carbocycles. The number of alkyl halides is 1. The summed E-state index contributed by atoms with van der Waals surface area (Å²) in [6, 6.07) is 13.1. The van der Waals surface area contributed by atoms with Gasteiger partial charge in [0.05, 0.1) is 5.69 Å². The molecule has 0 atom stereocenters. The van der Waals surface area contributed by atoms with E-state index in [0.29, 0.717) is 22.2 Å². The fourth-order valence-corrected chi connectivity index (χ4v) is 2.97. The van der Waals surface area contributed by atoms with E-state index in [1.54, 1.807) is 24.5 Å². The van der Waals surface area contributed by atoms with Crippen LogP contribution in [0.15, 0.2) is 47.6 Å². The van der Waals surface area contributed by atoms with Crippen molar-refractivity contribution >= 4 is 57.7 Å². The maximum absolute atomic E-state index is 9.46. The lowest BCUT2D eigenvalue weighted by Crippen LogP contribution is -1.93. The van der Waals surface area contributed by atoms with Crippen molar-refractivity contribution in [3.05, 3.63) is 64.4 Å². The Hall–Kier alpha value is -2.44. The maximum Gasteiger partial charge on any atom is 0.172 e. The van der Waals surface area contributed by atoms with E-state index < -0.39 is 0 Å². The van der Waals surface area contributed by atoms with Crippen LogP contribution in [0.2, 0.25) is 5.02 Å². The molecule has 3 rings (SSSR count). The van der Waals surface area contributed by atoms with E-state index in [4.69, 9.17) is 11.6 Å². The number of nitriles is 1. The van der Waals surface area contributed by atoms with Gasteiger partial charge in [0.15, 0.2) is 11.6 Å². The van der Waals surface area contributed by atoms with Crippen molar-refractivity contribution in [3.63, 3.8) is 0 Å². The Morgan fingerprint density at radius 3 is 3.00 bits per heavy atom. The van der Waals surface area contributed by atoms with Crippen molar-refractivity contribution < 1.29 is 0 Å². The molecular formula is C17H12ClIN6. The predicted octanol–water partition coefficient (Wildman–Crippen LogP) is 4.76. The highest BCUT2D eigenvalue weighted by Crippen LogP contribution is 2.26. The number of halogens is 2. The lowest BCUT2D eigenvalue weighted by atomic mass is 10.2. The molecule has 25 heavy (non-hydrogen) atoms. The smallest absolute Gasteiger partial charge is 0.172 e. The molecule has 0 aliphatic rings. The molecule has 124 valence electrons. The number of nitrogens with one attached hydrogen (secondary N) is 2. The summed E-state index contributed by atoms with van der Waals surface area (Å²) in [6.45, 7) is 0. The van der Waals surface area contributed by atoms with Gasteiger partial charge in [-0.25, -0.2) is 4.99 Å². The molecular weight excluding hydrogens is 451 g/mol. The summed E-state index contributed by atoms with van der Waals surface area (Å²) in [6.07, 6.45) is 3.42. The minimum atomic E-state index is 0.330. The average Bonchev–Trinajstić information content (AvgIpc) is 3.01. The number of pyridine rings is 1. The van der Waals surface area contributed by atoms with Crippen LogP contribution in [0, 0.1) is 11.3 Å². The van der Waals surface area contributed by atoms with Crippen LogP contribution in [-0.2, 0) is 4.43 Å². The number of nitrogens with zero attached hydrogens (tertiary/aromatic N) is 4. The number of anilines is 2. The van der Waals surface area contributed by atoms with E-state index in [1.165, 1.54) is 0 Å². The zero-order valence-electron chi connectivity index (χ0n) is 12.9. The Balaban J connectivity index is 1.87. The van der Waals surface area contributed by atoms with Crippen LogP contribution in [0.1, 0.15) is 16.8 Å². The summed E-state index contributed by atoms with van der Waals surface area (Å²) in [5.41, 5.74) is 2.91. The van der Waals surface area contributed by atoms with Gasteiger partial charge in [0, 0.05) is 33.1 Å². The summed E-state index contributed by atoms with van der Waals surface area (Å²) in [4.78, 5) is 8.67. The summed E-state index contributed by atoms with van der Waals surface area (Å²) < 4.78 is 0.773. The van der Waals surface area contributed by atoms with Crippen molar-refractivity contribution in [3.8, 4) is 6.07 Å². The Bertz CT molecular complexity index is 960. The van der Waals surface area contributed by atoms with E-state index in [2.05, 4.69) is 54.2 Å². The molecule has 3 aromatic rings. The number of hydrogen-bond donors (Lipinski definition) is 2. The molecule has 0 aliphatic heterocycles. The molecule has 2 N–H and O–H groups in total. The van der Waals surface area contributed by atoms with Crippen LogP contribution in [0.5, 0.6) is 0 Å². The van der Waals surface area contributed by atoms with Gasteiger partial charge >= 0.3 is 0 Å². The molecule has 0 saturated heterocycles. The standard InChI is InChI=1S/C17H12ClIN6/c18-12-4-1-5-13(7-12)23-17-14(9-20)16(24-25-17)22-10-11-3-2-6-21-15(11)8-19/h1-7,10H,8H2,(H2,23,24,25)/b22-10+. The van der Waals surface area contributed by atoms with Gasteiger partial charge in [0.25, 0.3) is 0 Å². The molecule has 2 aromatic heterocycles. The first-order chi connectivity index (χ1) is 12.2. The van der Waals surface area contributed by atoms with Gasteiger partial charge in [-0.3, -0.25) is 10.1 Å². The van der Waals surface area contributed by atoms with Crippen LogP contribution >= 0.6 is 34.2 Å². The van der Waals surface area contributed by atoms with Crippen molar-refractivity contribution in [1.82, 2.24) is 15.2 Å². The normalized spacial score (nSPS) is 10.8. The highest BCUT2D eigenvalue weighted by Gasteiger charge is 2.12. The van der Waals surface area contributed by atoms with Crippen molar-refractivity contribution in [2.75, 3.05) is 5.32 Å². The summed E-state index contributed by atoms with van der Waals surface area (Å²) in [5, 5.41) is 20.0. The fourth-order valence-electron chi connectivity index (χ4n) is 2.14. The number of aromatic nitrogens is 3. The van der Waals surface area contributed by atoms with Crippen molar-refractivity contribution in [1.29, 1.82) is 5.26 Å². The summed E-state index contributed by atoms with van der Waals surface area (Å²) in [5.74, 6) is 0.785. The molecule has 0 fully saturated rings. The van der Waals surface area contributed by atoms with E-state index in [1.807, 2.05) is 24.3 Å². The van der Waals surface area contributed by atoms with Crippen LogP contribution in [0.3, 0.4) is 0 Å². The predicted molar refractivity (Wildman–Crippen MR) is 107 cm³/mol. The number of rotatable bonds is 5. The second-order valence-electron chi connectivity index (χ2n) is 4.97. The van der Waals surface area contributed by atoms with Gasteiger partial charge in [-0.1, -0.05) is 46.3 Å². The fraction of sp³-hybridized carbons (Fsp3) is 0.0588. The molecule has 0 unspecified atom stereocenters. The zero-order chi connectivity index (χ0) is 17.6. The maximum atomic E-state index is 9.46. The molecule has 0 amide bonds. The highest BCUT2D eigenvalue weighted by atomic mass is 127. The van der Waals surface area contributed by atoms with Crippen LogP contribution < -0.4 is 5.32 Å². The van der Waals surface area contributed by atoms with Gasteiger partial charge in [0.1, 0.15) is 11.6 Å². The van der Waals surface area contributed by atoms with E-state index >= 15 is 0 Å². The van der Waals surface area contributed by atoms with Gasteiger partial charge in [-0.15, -0.1) is 0 Å². The van der Waals surface area contributed by atoms with E-state index in [-0.39, 0.29) is 0 Å². The van der Waals surface area contributed by atoms with Gasteiger partial charge in [-0.2, -0.15) is 10.4 Å². The van der Waals surface area contributed by atoms with Crippen molar-refractivity contribution in [2.45, 2.75) is 4.43 Å². The van der Waals surface area contributed by atoms with Crippen LogP contribution in [0.4, 0.5) is 17.3 Å². The lowest BCUT2D eigenvalue weighted by molar-refractivity contribution is 1.08. The first-order valence-electron chi connectivity index (χ1n) is 7.26. The third-order valence-electron chi connectivity index (χ3n) is 3.33. The lowest BCUT2D eigenvalue weighted by Gasteiger charge is -2.03. The molecule has 0 radical (unpaired) electrons. The molecule has 8 heteroatoms. The Labute approximate surface area is 163 Å².